The van der Waals surface area contributed by atoms with Crippen LogP contribution in [-0.2, 0) is 4.79 Å². The third kappa shape index (κ3) is 5.73. The summed E-state index contributed by atoms with van der Waals surface area (Å²) in [6.07, 6.45) is 7.80. The van der Waals surface area contributed by atoms with Crippen LogP contribution in [-0.4, -0.2) is 5.97 Å². The maximum absolute atomic E-state index is 11.8. The number of benzene rings is 1. The Hall–Kier alpha value is -1.57. The van der Waals surface area contributed by atoms with Crippen molar-refractivity contribution in [3.63, 3.8) is 0 Å². The molecule has 1 aromatic rings. The minimum absolute atomic E-state index is 0.124. The Kier molecular flexibility index (Phi) is 6.94. The molecule has 0 aliphatic carbocycles. The largest absolute Gasteiger partial charge is 0.426 e. The molecule has 2 nitrogen and oxygen atoms in total. The highest BCUT2D eigenvalue weighted by Gasteiger charge is 2.09. The lowest BCUT2D eigenvalue weighted by molar-refractivity contribution is -0.134. The smallest absolute Gasteiger partial charge is 0.311 e. The normalized spacial score (nSPS) is 10.2. The summed E-state index contributed by atoms with van der Waals surface area (Å²) < 4.78 is 5.45. The lowest BCUT2D eigenvalue weighted by Crippen LogP contribution is -2.09. The molecule has 0 radical (unpaired) electrons. The molecule has 19 heavy (non-hydrogen) atoms. The van der Waals surface area contributed by atoms with Crippen LogP contribution in [0.15, 0.2) is 30.9 Å². The van der Waals surface area contributed by atoms with Gasteiger partial charge in [-0.15, -0.1) is 6.58 Å². The maximum Gasteiger partial charge on any atom is 0.311 e. The average Bonchev–Trinajstić information content (AvgIpc) is 2.38. The van der Waals surface area contributed by atoms with Gasteiger partial charge >= 0.3 is 5.97 Å². The highest BCUT2D eigenvalue weighted by atomic mass is 16.5. The lowest BCUT2D eigenvalue weighted by atomic mass is 10.1. The standard InChI is InChI=1S/C17H24O2/c1-4-5-6-7-8-9-13-16(18)19-17-14(2)11-10-12-15(17)3/h4,10-12H,1,5-9,13H2,2-3H3. The molecule has 0 heterocycles. The molecule has 0 bridgehead atoms. The summed E-state index contributed by atoms with van der Waals surface area (Å²) in [5, 5.41) is 0. The summed E-state index contributed by atoms with van der Waals surface area (Å²) in [5.41, 5.74) is 2.03. The molecular weight excluding hydrogens is 236 g/mol. The third-order valence-electron chi connectivity index (χ3n) is 3.16. The van der Waals surface area contributed by atoms with Gasteiger partial charge in [0.1, 0.15) is 5.75 Å². The summed E-state index contributed by atoms with van der Waals surface area (Å²) in [4.78, 5) is 11.8. The molecule has 0 saturated heterocycles. The Bertz CT molecular complexity index is 401. The van der Waals surface area contributed by atoms with E-state index >= 15 is 0 Å². The second-order valence-electron chi connectivity index (χ2n) is 4.94. The molecule has 0 spiro atoms. The van der Waals surface area contributed by atoms with E-state index in [0.717, 1.165) is 49.0 Å². The molecule has 0 aliphatic rings. The zero-order valence-corrected chi connectivity index (χ0v) is 12.1. The number of hydrogen-bond donors (Lipinski definition) is 0. The molecule has 0 atom stereocenters. The van der Waals surface area contributed by atoms with Crippen LogP contribution in [0.3, 0.4) is 0 Å². The number of ether oxygens (including phenoxy) is 1. The average molecular weight is 260 g/mol. The number of allylic oxidation sites excluding steroid dienone is 1. The predicted octanol–water partition coefficient (Wildman–Crippen LogP) is 4.74. The van der Waals surface area contributed by atoms with Crippen molar-refractivity contribution < 1.29 is 9.53 Å². The monoisotopic (exact) mass is 260 g/mol. The van der Waals surface area contributed by atoms with Crippen molar-refractivity contribution in [2.75, 3.05) is 0 Å². The molecule has 0 aliphatic heterocycles. The maximum atomic E-state index is 11.8. The number of esters is 1. The van der Waals surface area contributed by atoms with E-state index in [9.17, 15) is 4.79 Å². The zero-order valence-electron chi connectivity index (χ0n) is 12.1. The van der Waals surface area contributed by atoms with Gasteiger partial charge in [-0.3, -0.25) is 4.79 Å². The predicted molar refractivity (Wildman–Crippen MR) is 79.5 cm³/mol. The van der Waals surface area contributed by atoms with Crippen LogP contribution in [0.1, 0.15) is 49.7 Å². The van der Waals surface area contributed by atoms with Gasteiger partial charge in [-0.2, -0.15) is 0 Å². The summed E-state index contributed by atoms with van der Waals surface area (Å²) in [6, 6.07) is 5.90. The fraction of sp³-hybridized carbons (Fsp3) is 0.471. The van der Waals surface area contributed by atoms with Crippen LogP contribution in [0.4, 0.5) is 0 Å². The van der Waals surface area contributed by atoms with Crippen molar-refractivity contribution in [3.8, 4) is 5.75 Å². The van der Waals surface area contributed by atoms with E-state index in [1.807, 2.05) is 38.1 Å². The van der Waals surface area contributed by atoms with Gasteiger partial charge in [-0.1, -0.05) is 37.1 Å². The highest BCUT2D eigenvalue weighted by molar-refractivity contribution is 5.73. The Balaban J connectivity index is 2.29. The van der Waals surface area contributed by atoms with E-state index in [0.29, 0.717) is 6.42 Å². The van der Waals surface area contributed by atoms with E-state index in [4.69, 9.17) is 4.74 Å². The number of unbranched alkanes of at least 4 members (excludes halogenated alkanes) is 4. The van der Waals surface area contributed by atoms with E-state index in [1.165, 1.54) is 0 Å². The van der Waals surface area contributed by atoms with E-state index in [2.05, 4.69) is 6.58 Å². The van der Waals surface area contributed by atoms with Crippen LogP contribution in [0.25, 0.3) is 0 Å². The minimum atomic E-state index is -0.124. The quantitative estimate of drug-likeness (QED) is 0.292. The van der Waals surface area contributed by atoms with Crippen molar-refractivity contribution in [1.29, 1.82) is 0 Å². The van der Waals surface area contributed by atoms with Crippen molar-refractivity contribution in [2.45, 2.75) is 52.4 Å². The Morgan fingerprint density at radius 1 is 1.16 bits per heavy atom. The summed E-state index contributed by atoms with van der Waals surface area (Å²) in [6.45, 7) is 7.62. The zero-order chi connectivity index (χ0) is 14.1. The SMILES string of the molecule is C=CCCCCCCC(=O)Oc1c(C)cccc1C. The fourth-order valence-corrected chi connectivity index (χ4v) is 2.04. The van der Waals surface area contributed by atoms with Gasteiger partial charge in [0.05, 0.1) is 0 Å². The molecular formula is C17H24O2. The van der Waals surface area contributed by atoms with Gasteiger partial charge < -0.3 is 4.74 Å². The molecule has 0 N–H and O–H groups in total. The molecule has 1 aromatic carbocycles. The second-order valence-corrected chi connectivity index (χ2v) is 4.94. The topological polar surface area (TPSA) is 26.3 Å². The van der Waals surface area contributed by atoms with Crippen LogP contribution in [0.5, 0.6) is 5.75 Å². The summed E-state index contributed by atoms with van der Waals surface area (Å²) >= 11 is 0. The molecule has 0 aromatic heterocycles. The fourth-order valence-electron chi connectivity index (χ4n) is 2.04. The first-order valence-corrected chi connectivity index (χ1v) is 7.03. The first-order valence-electron chi connectivity index (χ1n) is 7.03. The van der Waals surface area contributed by atoms with E-state index in [1.54, 1.807) is 0 Å². The molecule has 0 saturated carbocycles. The lowest BCUT2D eigenvalue weighted by Gasteiger charge is -2.10. The number of para-hydroxylation sites is 1. The van der Waals surface area contributed by atoms with Crippen molar-refractivity contribution in [1.82, 2.24) is 0 Å². The number of hydrogen-bond acceptors (Lipinski definition) is 2. The Morgan fingerprint density at radius 3 is 2.42 bits per heavy atom. The first kappa shape index (κ1) is 15.5. The van der Waals surface area contributed by atoms with E-state index in [-0.39, 0.29) is 5.97 Å². The van der Waals surface area contributed by atoms with Crippen LogP contribution in [0.2, 0.25) is 0 Å². The molecule has 0 fully saturated rings. The van der Waals surface area contributed by atoms with Gasteiger partial charge in [0.2, 0.25) is 0 Å². The number of aryl methyl sites for hydroxylation is 2. The van der Waals surface area contributed by atoms with Gasteiger partial charge in [0, 0.05) is 6.42 Å². The van der Waals surface area contributed by atoms with Crippen molar-refractivity contribution in [3.05, 3.63) is 42.0 Å². The first-order chi connectivity index (χ1) is 9.15. The van der Waals surface area contributed by atoms with Crippen LogP contribution in [0, 0.1) is 13.8 Å². The molecule has 0 amide bonds. The summed E-state index contributed by atoms with van der Waals surface area (Å²) in [5.74, 6) is 0.597. The molecule has 2 heteroatoms. The third-order valence-corrected chi connectivity index (χ3v) is 3.16. The second kappa shape index (κ2) is 8.52. The Morgan fingerprint density at radius 2 is 1.79 bits per heavy atom. The van der Waals surface area contributed by atoms with Crippen molar-refractivity contribution in [2.24, 2.45) is 0 Å². The minimum Gasteiger partial charge on any atom is -0.426 e. The number of carbonyl (C=O) groups excluding carboxylic acids is 1. The van der Waals surface area contributed by atoms with Gasteiger partial charge in [-0.05, 0) is 44.2 Å². The highest BCUT2D eigenvalue weighted by Crippen LogP contribution is 2.23. The molecule has 1 rings (SSSR count). The number of rotatable bonds is 8. The van der Waals surface area contributed by atoms with Gasteiger partial charge in [0.15, 0.2) is 0 Å². The van der Waals surface area contributed by atoms with Gasteiger partial charge in [0.25, 0.3) is 0 Å². The van der Waals surface area contributed by atoms with Crippen LogP contribution >= 0.6 is 0 Å². The number of carbonyl (C=O) groups is 1. The van der Waals surface area contributed by atoms with Gasteiger partial charge in [-0.25, -0.2) is 0 Å². The van der Waals surface area contributed by atoms with Crippen LogP contribution < -0.4 is 4.74 Å². The molecule has 104 valence electrons. The Labute approximate surface area is 116 Å². The summed E-state index contributed by atoms with van der Waals surface area (Å²) in [7, 11) is 0. The van der Waals surface area contributed by atoms with E-state index < -0.39 is 0 Å². The van der Waals surface area contributed by atoms with Crippen molar-refractivity contribution >= 4 is 5.97 Å². The molecule has 0 unspecified atom stereocenters.